The minimum atomic E-state index is -0.0425. The summed E-state index contributed by atoms with van der Waals surface area (Å²) in [5.74, 6) is 3.91. The summed E-state index contributed by atoms with van der Waals surface area (Å²) in [6.45, 7) is 6.14. The Labute approximate surface area is 158 Å². The first-order valence-corrected chi connectivity index (χ1v) is 11.0. The highest BCUT2D eigenvalue weighted by Gasteiger charge is 2.59. The molecule has 148 valence electrons. The van der Waals surface area contributed by atoms with Gasteiger partial charge in [0.15, 0.2) is 0 Å². The van der Waals surface area contributed by atoms with E-state index in [0.717, 1.165) is 36.5 Å². The molecule has 0 aromatic rings. The van der Waals surface area contributed by atoms with Crippen molar-refractivity contribution in [3.05, 3.63) is 0 Å². The predicted octanol–water partition coefficient (Wildman–Crippen LogP) is 3.97. The number of aliphatic hydroxyl groups excluding tert-OH is 1. The molecular weight excluding hydrogens is 324 g/mol. The van der Waals surface area contributed by atoms with Gasteiger partial charge in [-0.25, -0.2) is 0 Å². The minimum Gasteiger partial charge on any atom is -0.395 e. The molecular formula is C22H38N2O2. The van der Waals surface area contributed by atoms with Gasteiger partial charge in [-0.1, -0.05) is 19.0 Å². The molecule has 0 saturated heterocycles. The lowest BCUT2D eigenvalue weighted by Gasteiger charge is -2.60. The molecule has 4 saturated carbocycles. The maximum absolute atomic E-state index is 10.2. The fourth-order valence-corrected chi connectivity index (χ4v) is 7.74. The van der Waals surface area contributed by atoms with E-state index in [9.17, 15) is 5.11 Å². The molecule has 4 fully saturated rings. The zero-order valence-electron chi connectivity index (χ0n) is 16.7. The van der Waals surface area contributed by atoms with E-state index in [1.165, 1.54) is 44.9 Å². The Morgan fingerprint density at radius 3 is 2.62 bits per heavy atom. The third-order valence-electron chi connectivity index (χ3n) is 9.24. The Hall–Kier alpha value is -0.610. The molecule has 4 nitrogen and oxygen atoms in total. The summed E-state index contributed by atoms with van der Waals surface area (Å²) >= 11 is 0. The van der Waals surface area contributed by atoms with Crippen LogP contribution in [0.4, 0.5) is 0 Å². The lowest BCUT2D eigenvalue weighted by molar-refractivity contribution is -0.123. The van der Waals surface area contributed by atoms with E-state index >= 15 is 0 Å². The first-order valence-electron chi connectivity index (χ1n) is 11.0. The summed E-state index contributed by atoms with van der Waals surface area (Å²) in [4.78, 5) is 5.29. The summed E-state index contributed by atoms with van der Waals surface area (Å²) in [6, 6.07) is 0. The molecule has 4 aliphatic carbocycles. The molecule has 0 aliphatic heterocycles. The fourth-order valence-electron chi connectivity index (χ4n) is 7.74. The Morgan fingerprint density at radius 1 is 1.04 bits per heavy atom. The van der Waals surface area contributed by atoms with Gasteiger partial charge in [-0.3, -0.25) is 0 Å². The number of hydrogen-bond acceptors (Lipinski definition) is 4. The maximum Gasteiger partial charge on any atom is 0.129 e. The number of aliphatic hydroxyl groups is 1. The molecule has 8 atom stereocenters. The highest BCUT2D eigenvalue weighted by Crippen LogP contribution is 2.67. The van der Waals surface area contributed by atoms with Crippen molar-refractivity contribution < 1.29 is 9.94 Å². The minimum absolute atomic E-state index is 0.0425. The first kappa shape index (κ1) is 18.7. The summed E-state index contributed by atoms with van der Waals surface area (Å²) in [5, 5.41) is 14.4. The van der Waals surface area contributed by atoms with E-state index in [-0.39, 0.29) is 6.10 Å². The number of nitrogens with zero attached hydrogens (tertiary/aromatic N) is 1. The van der Waals surface area contributed by atoms with Crippen molar-refractivity contribution in [2.45, 2.75) is 77.7 Å². The van der Waals surface area contributed by atoms with Crippen molar-refractivity contribution >= 4 is 6.21 Å². The quantitative estimate of drug-likeness (QED) is 0.452. The first-order chi connectivity index (χ1) is 12.5. The molecule has 4 heteroatoms. The van der Waals surface area contributed by atoms with Gasteiger partial charge in [0.2, 0.25) is 0 Å². The average Bonchev–Trinajstić information content (AvgIpc) is 2.96. The van der Waals surface area contributed by atoms with Gasteiger partial charge >= 0.3 is 0 Å². The highest BCUT2D eigenvalue weighted by molar-refractivity contribution is 5.62. The third kappa shape index (κ3) is 2.92. The standard InChI is InChI=1S/C22H38N2O2/c1-21-9-7-17(25)13-15(21)3-5-18-19-6-4-16(14-24-26-12-11-23)22(19,2)10-8-20(18)21/h14-20,25H,3-13,23H2,1-2H3/b24-14+/t15-,16-,17+,18+,19+,20+,21+,22-/m1/s1. The van der Waals surface area contributed by atoms with Gasteiger partial charge < -0.3 is 15.7 Å². The molecule has 4 aliphatic rings. The van der Waals surface area contributed by atoms with Crippen LogP contribution in [-0.2, 0) is 4.84 Å². The predicted molar refractivity (Wildman–Crippen MR) is 105 cm³/mol. The topological polar surface area (TPSA) is 67.8 Å². The van der Waals surface area contributed by atoms with E-state index in [4.69, 9.17) is 10.6 Å². The highest BCUT2D eigenvalue weighted by atomic mass is 16.6. The molecule has 0 unspecified atom stereocenters. The second kappa shape index (κ2) is 7.09. The summed E-state index contributed by atoms with van der Waals surface area (Å²) in [7, 11) is 0. The molecule has 0 heterocycles. The SMILES string of the molecule is C[C@]12CC[C@H](O)C[C@H]1CC[C@@H]1[C@@H]2CC[C@]2(C)[C@@H](/C=N/OCCN)CC[C@@H]12. The number of oxime groups is 1. The molecule has 0 aromatic heterocycles. The number of rotatable bonds is 4. The second-order valence-corrected chi connectivity index (χ2v) is 10.2. The summed E-state index contributed by atoms with van der Waals surface area (Å²) < 4.78 is 0. The maximum atomic E-state index is 10.2. The fraction of sp³-hybridized carbons (Fsp3) is 0.955. The lowest BCUT2D eigenvalue weighted by atomic mass is 9.45. The van der Waals surface area contributed by atoms with E-state index in [0.29, 0.717) is 29.9 Å². The van der Waals surface area contributed by atoms with Crippen molar-refractivity contribution in [1.82, 2.24) is 0 Å². The molecule has 0 bridgehead atoms. The number of hydrogen-bond donors (Lipinski definition) is 2. The van der Waals surface area contributed by atoms with Crippen LogP contribution in [0.3, 0.4) is 0 Å². The normalized spacial score (nSPS) is 50.9. The van der Waals surface area contributed by atoms with Crippen LogP contribution in [0.25, 0.3) is 0 Å². The van der Waals surface area contributed by atoms with Crippen LogP contribution in [0.15, 0.2) is 5.16 Å². The molecule has 26 heavy (non-hydrogen) atoms. The second-order valence-electron chi connectivity index (χ2n) is 10.2. The summed E-state index contributed by atoms with van der Waals surface area (Å²) in [6.07, 6.45) is 13.4. The van der Waals surface area contributed by atoms with Gasteiger partial charge in [0.25, 0.3) is 0 Å². The van der Waals surface area contributed by atoms with Gasteiger partial charge in [0.05, 0.1) is 6.10 Å². The van der Waals surface area contributed by atoms with Crippen LogP contribution in [0.2, 0.25) is 0 Å². The van der Waals surface area contributed by atoms with Gasteiger partial charge in [-0.2, -0.15) is 0 Å². The largest absolute Gasteiger partial charge is 0.395 e. The zero-order chi connectivity index (χ0) is 18.4. The van der Waals surface area contributed by atoms with Crippen LogP contribution < -0.4 is 5.73 Å². The Bertz CT molecular complexity index is 538. The monoisotopic (exact) mass is 362 g/mol. The zero-order valence-corrected chi connectivity index (χ0v) is 16.7. The van der Waals surface area contributed by atoms with Gasteiger partial charge in [-0.15, -0.1) is 0 Å². The number of nitrogens with two attached hydrogens (primary N) is 1. The molecule has 4 rings (SSSR count). The average molecular weight is 363 g/mol. The van der Waals surface area contributed by atoms with Crippen molar-refractivity contribution in [2.75, 3.05) is 13.2 Å². The van der Waals surface area contributed by atoms with Crippen LogP contribution in [0.5, 0.6) is 0 Å². The van der Waals surface area contributed by atoms with Gasteiger partial charge in [-0.05, 0) is 92.3 Å². The lowest BCUT2D eigenvalue weighted by Crippen LogP contribution is -2.54. The Kier molecular flexibility index (Phi) is 5.11. The third-order valence-corrected chi connectivity index (χ3v) is 9.24. The molecule has 0 amide bonds. The van der Waals surface area contributed by atoms with Gasteiger partial charge in [0, 0.05) is 18.7 Å². The van der Waals surface area contributed by atoms with Crippen LogP contribution in [-0.4, -0.2) is 30.6 Å². The van der Waals surface area contributed by atoms with Crippen molar-refractivity contribution in [1.29, 1.82) is 0 Å². The molecule has 0 aromatic carbocycles. The summed E-state index contributed by atoms with van der Waals surface area (Å²) in [5.41, 5.74) is 6.36. The van der Waals surface area contributed by atoms with Gasteiger partial charge in [0.1, 0.15) is 6.61 Å². The molecule has 0 spiro atoms. The van der Waals surface area contributed by atoms with E-state index < -0.39 is 0 Å². The molecule has 3 N–H and O–H groups in total. The number of fused-ring (bicyclic) bond motifs is 5. The van der Waals surface area contributed by atoms with Crippen molar-refractivity contribution in [2.24, 2.45) is 51.3 Å². The van der Waals surface area contributed by atoms with E-state index in [1.807, 2.05) is 0 Å². The Balaban J connectivity index is 1.50. The van der Waals surface area contributed by atoms with Crippen LogP contribution in [0.1, 0.15) is 71.6 Å². The van der Waals surface area contributed by atoms with E-state index in [2.05, 4.69) is 25.2 Å². The van der Waals surface area contributed by atoms with Crippen molar-refractivity contribution in [3.63, 3.8) is 0 Å². The van der Waals surface area contributed by atoms with Crippen molar-refractivity contribution in [3.8, 4) is 0 Å². The van der Waals surface area contributed by atoms with Crippen LogP contribution in [0, 0.1) is 40.4 Å². The van der Waals surface area contributed by atoms with Crippen LogP contribution >= 0.6 is 0 Å². The Morgan fingerprint density at radius 2 is 1.81 bits per heavy atom. The molecule has 0 radical (unpaired) electrons. The smallest absolute Gasteiger partial charge is 0.129 e. The van der Waals surface area contributed by atoms with E-state index in [1.54, 1.807) is 0 Å².